The van der Waals surface area contributed by atoms with Crippen LogP contribution in [0, 0.1) is 10.1 Å². The van der Waals surface area contributed by atoms with E-state index in [9.17, 15) is 24.5 Å². The first kappa shape index (κ1) is 19.7. The Hall–Kier alpha value is -3.63. The van der Waals surface area contributed by atoms with Gasteiger partial charge in [-0.3, -0.25) is 10.1 Å². The van der Waals surface area contributed by atoms with Gasteiger partial charge in [-0.15, -0.1) is 0 Å². The van der Waals surface area contributed by atoms with Gasteiger partial charge in [0.25, 0.3) is 11.5 Å². The van der Waals surface area contributed by atoms with E-state index in [-0.39, 0.29) is 17.1 Å². The molecule has 0 atom stereocenters. The van der Waals surface area contributed by atoms with Gasteiger partial charge < -0.3 is 24.1 Å². The van der Waals surface area contributed by atoms with Gasteiger partial charge in [0.2, 0.25) is 0 Å². The van der Waals surface area contributed by atoms with E-state index < -0.39 is 46.5 Å². The minimum absolute atomic E-state index is 0.133. The van der Waals surface area contributed by atoms with Crippen molar-refractivity contribution in [1.29, 1.82) is 0 Å². The topological polar surface area (TPSA) is 152 Å². The average Bonchev–Trinajstić information content (AvgIpc) is 2.54. The van der Waals surface area contributed by atoms with Gasteiger partial charge in [0.15, 0.2) is 18.1 Å². The Morgan fingerprint density at radius 1 is 1.30 bits per heavy atom. The number of non-ortho nitro benzene ring substituents is 1. The number of cyclic esters (lactones) is 2. The lowest BCUT2D eigenvalue weighted by molar-refractivity contribution is -0.385. The van der Waals surface area contributed by atoms with E-state index >= 15 is 0 Å². The third kappa shape index (κ3) is 4.51. The molecule has 0 radical (unpaired) electrons. The Balaban J connectivity index is 2.60. The van der Waals surface area contributed by atoms with E-state index in [4.69, 9.17) is 24.1 Å². The number of ether oxygens (including phenoxy) is 4. The number of carboxylic acid groups (broad SMARTS) is 1. The van der Waals surface area contributed by atoms with Crippen molar-refractivity contribution in [3.8, 4) is 11.5 Å². The SMILES string of the molecule is COc1cc([N+](=O)[O-])cc(C=C2C(=O)OC(C)(C)OC2=O)c1OCC(=O)O. The summed E-state index contributed by atoms with van der Waals surface area (Å²) in [5.41, 5.74) is -1.11. The van der Waals surface area contributed by atoms with Gasteiger partial charge in [-0.1, -0.05) is 0 Å². The zero-order chi connectivity index (χ0) is 20.4. The maximum Gasteiger partial charge on any atom is 0.348 e. The smallest absolute Gasteiger partial charge is 0.348 e. The quantitative estimate of drug-likeness (QED) is 0.251. The van der Waals surface area contributed by atoms with Crippen LogP contribution in [0.15, 0.2) is 17.7 Å². The van der Waals surface area contributed by atoms with Gasteiger partial charge in [0.1, 0.15) is 5.57 Å². The molecule has 144 valence electrons. The number of carbonyl (C=O) groups is 3. The molecule has 0 unspecified atom stereocenters. The van der Waals surface area contributed by atoms with E-state index in [1.807, 2.05) is 0 Å². The lowest BCUT2D eigenvalue weighted by Gasteiger charge is -2.29. The molecule has 1 aromatic carbocycles. The van der Waals surface area contributed by atoms with Crippen LogP contribution in [0.25, 0.3) is 6.08 Å². The number of nitrogens with zero attached hydrogens (tertiary/aromatic N) is 1. The summed E-state index contributed by atoms with van der Waals surface area (Å²) < 4.78 is 20.0. The molecule has 0 bridgehead atoms. The van der Waals surface area contributed by atoms with Crippen molar-refractivity contribution < 1.29 is 43.4 Å². The van der Waals surface area contributed by atoms with Crippen molar-refractivity contribution in [1.82, 2.24) is 0 Å². The van der Waals surface area contributed by atoms with Crippen LogP contribution in [0.3, 0.4) is 0 Å². The fourth-order valence-electron chi connectivity index (χ4n) is 2.20. The predicted molar refractivity (Wildman–Crippen MR) is 87.0 cm³/mol. The summed E-state index contributed by atoms with van der Waals surface area (Å²) in [6, 6.07) is 2.01. The molecule has 11 heteroatoms. The Kier molecular flexibility index (Phi) is 5.34. The van der Waals surface area contributed by atoms with Gasteiger partial charge in [0.05, 0.1) is 18.1 Å². The zero-order valence-corrected chi connectivity index (χ0v) is 14.5. The number of esters is 2. The molecule has 0 aliphatic carbocycles. The van der Waals surface area contributed by atoms with Gasteiger partial charge in [0, 0.05) is 25.5 Å². The van der Waals surface area contributed by atoms with Gasteiger partial charge >= 0.3 is 17.9 Å². The number of rotatable bonds is 6. The summed E-state index contributed by atoms with van der Waals surface area (Å²) in [5.74, 6) is -5.16. The predicted octanol–water partition coefficient (Wildman–Crippen LogP) is 1.29. The first-order valence-corrected chi connectivity index (χ1v) is 7.43. The first-order chi connectivity index (χ1) is 12.5. The summed E-state index contributed by atoms with van der Waals surface area (Å²) in [6.07, 6.45) is 0.951. The van der Waals surface area contributed by atoms with Crippen LogP contribution in [-0.2, 0) is 23.9 Å². The lowest BCUT2D eigenvalue weighted by atomic mass is 10.1. The van der Waals surface area contributed by atoms with Crippen molar-refractivity contribution in [2.45, 2.75) is 19.6 Å². The van der Waals surface area contributed by atoms with Gasteiger partial charge in [-0.05, 0) is 6.08 Å². The molecule has 2 rings (SSSR count). The number of benzene rings is 1. The third-order valence-corrected chi connectivity index (χ3v) is 3.26. The van der Waals surface area contributed by atoms with Crippen molar-refractivity contribution in [3.05, 3.63) is 33.4 Å². The van der Waals surface area contributed by atoms with E-state index in [0.717, 1.165) is 18.2 Å². The second-order valence-corrected chi connectivity index (χ2v) is 5.74. The zero-order valence-electron chi connectivity index (χ0n) is 14.5. The van der Waals surface area contributed by atoms with Crippen LogP contribution in [0.4, 0.5) is 5.69 Å². The number of hydrogen-bond donors (Lipinski definition) is 1. The fourth-order valence-corrected chi connectivity index (χ4v) is 2.20. The molecule has 1 aliphatic heterocycles. The first-order valence-electron chi connectivity index (χ1n) is 7.43. The summed E-state index contributed by atoms with van der Waals surface area (Å²) in [7, 11) is 1.19. The monoisotopic (exact) mass is 381 g/mol. The second-order valence-electron chi connectivity index (χ2n) is 5.74. The molecule has 1 N–H and O–H groups in total. The molecular formula is C16H15NO10. The minimum atomic E-state index is -1.46. The van der Waals surface area contributed by atoms with Crippen LogP contribution >= 0.6 is 0 Å². The second kappa shape index (κ2) is 7.32. The molecule has 1 fully saturated rings. The molecule has 1 saturated heterocycles. The molecule has 11 nitrogen and oxygen atoms in total. The highest BCUT2D eigenvalue weighted by atomic mass is 16.7. The van der Waals surface area contributed by atoms with E-state index in [1.54, 1.807) is 0 Å². The van der Waals surface area contributed by atoms with E-state index in [1.165, 1.54) is 21.0 Å². The number of carbonyl (C=O) groups excluding carboxylic acids is 2. The number of nitro groups is 1. The Bertz CT molecular complexity index is 833. The summed E-state index contributed by atoms with van der Waals surface area (Å²) in [6.45, 7) is 1.93. The molecule has 1 heterocycles. The molecular weight excluding hydrogens is 366 g/mol. The molecule has 0 saturated carbocycles. The Labute approximate surface area is 152 Å². The number of nitro benzene ring substituents is 1. The minimum Gasteiger partial charge on any atom is -0.493 e. The number of carboxylic acids is 1. The lowest BCUT2D eigenvalue weighted by Crippen LogP contribution is -2.41. The highest BCUT2D eigenvalue weighted by Gasteiger charge is 2.39. The normalized spacial score (nSPS) is 15.4. The molecule has 0 amide bonds. The third-order valence-electron chi connectivity index (χ3n) is 3.26. The summed E-state index contributed by atoms with van der Waals surface area (Å²) in [5, 5.41) is 19.9. The standard InChI is InChI=1S/C16H15NO10/c1-16(2)26-14(20)10(15(21)27-16)5-8-4-9(17(22)23)6-11(24-3)13(8)25-7-12(18)19/h4-6H,7H2,1-3H3,(H,18,19). The molecule has 27 heavy (non-hydrogen) atoms. The largest absolute Gasteiger partial charge is 0.493 e. The Morgan fingerprint density at radius 2 is 1.89 bits per heavy atom. The highest BCUT2D eigenvalue weighted by Crippen LogP contribution is 2.38. The molecule has 1 aromatic rings. The van der Waals surface area contributed by atoms with Gasteiger partial charge in [-0.25, -0.2) is 14.4 Å². The molecule has 0 aromatic heterocycles. The van der Waals surface area contributed by atoms with Crippen LogP contribution in [0.1, 0.15) is 19.4 Å². The van der Waals surface area contributed by atoms with Crippen LogP contribution in [0.5, 0.6) is 11.5 Å². The van der Waals surface area contributed by atoms with E-state index in [2.05, 4.69) is 0 Å². The Morgan fingerprint density at radius 3 is 2.37 bits per heavy atom. The van der Waals surface area contributed by atoms with Crippen molar-refractivity contribution >= 4 is 29.7 Å². The van der Waals surface area contributed by atoms with Crippen molar-refractivity contribution in [2.24, 2.45) is 0 Å². The average molecular weight is 381 g/mol. The summed E-state index contributed by atoms with van der Waals surface area (Å²) >= 11 is 0. The van der Waals surface area contributed by atoms with Crippen molar-refractivity contribution in [2.75, 3.05) is 13.7 Å². The maximum atomic E-state index is 12.1. The highest BCUT2D eigenvalue weighted by molar-refractivity contribution is 6.19. The van der Waals surface area contributed by atoms with Crippen molar-refractivity contribution in [3.63, 3.8) is 0 Å². The number of methoxy groups -OCH3 is 1. The van der Waals surface area contributed by atoms with Crippen LogP contribution in [0.2, 0.25) is 0 Å². The molecule has 1 aliphatic rings. The molecule has 0 spiro atoms. The van der Waals surface area contributed by atoms with Crippen LogP contribution in [-0.4, -0.2) is 47.4 Å². The van der Waals surface area contributed by atoms with Crippen LogP contribution < -0.4 is 9.47 Å². The maximum absolute atomic E-state index is 12.1. The van der Waals surface area contributed by atoms with Gasteiger partial charge in [-0.2, -0.15) is 0 Å². The number of hydrogen-bond acceptors (Lipinski definition) is 9. The fraction of sp³-hybridized carbons (Fsp3) is 0.312. The van der Waals surface area contributed by atoms with E-state index in [0.29, 0.717) is 0 Å². The number of aliphatic carboxylic acids is 1. The summed E-state index contributed by atoms with van der Waals surface area (Å²) in [4.78, 5) is 45.3.